The standard InChI is InChI=1S/C38H55Br3N2O8/c1-22-10-3-5-12-24(14-7-8-17-39)33-28(44)18-26(19-29(33)45)35(50-37(42)48)23(2)11-4-6-13-25(15-9-16-32(40)41)34-30(46)20-27(21-31(34)47)36(22)51-38(43)49/h18-25,32,35-36,44-47H,3-17H2,1-2H3,(H2,42,48)(H2,43,49). The van der Waals surface area contributed by atoms with Crippen molar-refractivity contribution < 1.29 is 39.5 Å². The molecule has 6 unspecified atom stereocenters. The maximum Gasteiger partial charge on any atom is 0.405 e. The molecular weight excluding hydrogens is 852 g/mol. The Bertz CT molecular complexity index is 1380. The van der Waals surface area contributed by atoms with Gasteiger partial charge in [-0.25, -0.2) is 9.59 Å². The van der Waals surface area contributed by atoms with Gasteiger partial charge in [0.2, 0.25) is 0 Å². The van der Waals surface area contributed by atoms with Crippen LogP contribution in [0.2, 0.25) is 0 Å². The van der Waals surface area contributed by atoms with Crippen molar-refractivity contribution in [2.24, 2.45) is 23.3 Å². The predicted molar refractivity (Wildman–Crippen MR) is 210 cm³/mol. The monoisotopic (exact) mass is 904 g/mol. The number of hydrogen-bond acceptors (Lipinski definition) is 8. The van der Waals surface area contributed by atoms with E-state index in [1.165, 1.54) is 0 Å². The summed E-state index contributed by atoms with van der Waals surface area (Å²) in [5.74, 6) is -0.832. The number of hydrogen-bond donors (Lipinski definition) is 6. The van der Waals surface area contributed by atoms with Crippen molar-refractivity contribution in [1.82, 2.24) is 0 Å². The molecule has 0 radical (unpaired) electrons. The van der Waals surface area contributed by atoms with Crippen LogP contribution >= 0.6 is 47.8 Å². The van der Waals surface area contributed by atoms with E-state index in [0.717, 1.165) is 69.5 Å². The van der Waals surface area contributed by atoms with Crippen molar-refractivity contribution in [3.63, 3.8) is 0 Å². The fraction of sp³-hybridized carbons (Fsp3) is 0.632. The van der Waals surface area contributed by atoms with Gasteiger partial charge in [0.25, 0.3) is 0 Å². The Kier molecular flexibility index (Phi) is 18.0. The summed E-state index contributed by atoms with van der Waals surface area (Å²) in [6.45, 7) is 3.89. The van der Waals surface area contributed by atoms with Crippen LogP contribution in [-0.2, 0) is 9.47 Å². The minimum Gasteiger partial charge on any atom is -0.508 e. The zero-order valence-electron chi connectivity index (χ0n) is 29.7. The second kappa shape index (κ2) is 21.4. The van der Waals surface area contributed by atoms with E-state index in [0.29, 0.717) is 47.9 Å². The first-order chi connectivity index (χ1) is 24.2. The van der Waals surface area contributed by atoms with Crippen LogP contribution in [0.5, 0.6) is 23.0 Å². The third kappa shape index (κ3) is 13.2. The first kappa shape index (κ1) is 43.0. The SMILES string of the molecule is CC1CCCCC(CCCCBr)c2c(O)cc(cc2O)C(OC(N)=O)C(C)CCCCC(CCCC(Br)Br)c2c(O)cc(cc2O)C1OC(N)=O. The summed E-state index contributed by atoms with van der Waals surface area (Å²) in [6, 6.07) is 6.34. The Morgan fingerprint density at radius 2 is 1.06 bits per heavy atom. The minimum atomic E-state index is -0.938. The molecule has 4 bridgehead atoms. The summed E-state index contributed by atoms with van der Waals surface area (Å²) >= 11 is 10.6. The average molecular weight is 908 g/mol. The number of carbonyl (C=O) groups is 2. The zero-order valence-corrected chi connectivity index (χ0v) is 34.4. The molecule has 2 aromatic carbocycles. The molecule has 0 saturated carbocycles. The van der Waals surface area contributed by atoms with E-state index in [9.17, 15) is 30.0 Å². The number of phenolic OH excluding ortho intramolecular Hbond substituents is 4. The second-order valence-electron chi connectivity index (χ2n) is 14.1. The fourth-order valence-electron chi connectivity index (χ4n) is 7.62. The quantitative estimate of drug-likeness (QED) is 0.100. The summed E-state index contributed by atoms with van der Waals surface area (Å²) in [6.07, 6.45) is 7.24. The Balaban J connectivity index is 2.04. The largest absolute Gasteiger partial charge is 0.508 e. The van der Waals surface area contributed by atoms with Gasteiger partial charge in [-0.05, 0) is 99.3 Å². The normalized spacial score (nSPS) is 23.7. The molecule has 4 aliphatic rings. The number of unbranched alkanes of at least 4 members (excludes halogenated alkanes) is 1. The highest BCUT2D eigenvalue weighted by molar-refractivity contribution is 9.24. The van der Waals surface area contributed by atoms with Crippen LogP contribution in [0.25, 0.3) is 0 Å². The van der Waals surface area contributed by atoms with E-state index < -0.39 is 24.4 Å². The highest BCUT2D eigenvalue weighted by Crippen LogP contribution is 2.46. The van der Waals surface area contributed by atoms with Crippen LogP contribution in [0.3, 0.4) is 0 Å². The van der Waals surface area contributed by atoms with Gasteiger partial charge in [-0.1, -0.05) is 100 Å². The molecule has 6 atom stereocenters. The summed E-state index contributed by atoms with van der Waals surface area (Å²) in [4.78, 5) is 24.1. The smallest absolute Gasteiger partial charge is 0.405 e. The van der Waals surface area contributed by atoms with Crippen molar-refractivity contribution >= 4 is 60.0 Å². The van der Waals surface area contributed by atoms with Gasteiger partial charge in [-0.2, -0.15) is 0 Å². The van der Waals surface area contributed by atoms with Crippen molar-refractivity contribution in [2.75, 3.05) is 5.33 Å². The lowest BCUT2D eigenvalue weighted by atomic mass is 9.83. The van der Waals surface area contributed by atoms with Crippen LogP contribution in [0.15, 0.2) is 24.3 Å². The van der Waals surface area contributed by atoms with E-state index in [-0.39, 0.29) is 50.4 Å². The lowest BCUT2D eigenvalue weighted by Gasteiger charge is -2.28. The van der Waals surface area contributed by atoms with E-state index in [4.69, 9.17) is 20.9 Å². The van der Waals surface area contributed by atoms with Crippen LogP contribution in [0.4, 0.5) is 9.59 Å². The Hall–Kier alpha value is -2.38. The molecule has 0 aliphatic heterocycles. The van der Waals surface area contributed by atoms with Crippen LogP contribution in [0.1, 0.15) is 150 Å². The first-order valence-electron chi connectivity index (χ1n) is 18.1. The lowest BCUT2D eigenvalue weighted by molar-refractivity contribution is 0.0683. The molecule has 0 saturated heterocycles. The number of amides is 2. The van der Waals surface area contributed by atoms with Gasteiger partial charge in [0, 0.05) is 27.6 Å². The predicted octanol–water partition coefficient (Wildman–Crippen LogP) is 10.9. The van der Waals surface area contributed by atoms with Gasteiger partial charge in [-0.3, -0.25) is 0 Å². The van der Waals surface area contributed by atoms with Gasteiger partial charge in [-0.15, -0.1) is 0 Å². The third-order valence-corrected chi connectivity index (χ3v) is 11.6. The Morgan fingerprint density at radius 3 is 1.41 bits per heavy atom. The Morgan fingerprint density at radius 1 is 0.686 bits per heavy atom. The molecule has 8 N–H and O–H groups in total. The molecule has 0 fully saturated rings. The van der Waals surface area contributed by atoms with Crippen LogP contribution in [-0.4, -0.2) is 41.7 Å². The molecule has 0 aromatic heterocycles. The summed E-state index contributed by atoms with van der Waals surface area (Å²) in [7, 11) is 0. The van der Waals surface area contributed by atoms with Gasteiger partial charge in [0.15, 0.2) is 0 Å². The molecule has 13 heteroatoms. The number of halogens is 3. The van der Waals surface area contributed by atoms with Gasteiger partial charge in [0.05, 0.1) is 3.74 Å². The Labute approximate surface area is 327 Å². The van der Waals surface area contributed by atoms with Crippen molar-refractivity contribution in [2.45, 2.75) is 132 Å². The lowest BCUT2D eigenvalue weighted by Crippen LogP contribution is -2.22. The number of nitrogens with two attached hydrogens (primary N) is 2. The third-order valence-electron chi connectivity index (χ3n) is 10.1. The number of alkyl halides is 3. The maximum absolute atomic E-state index is 12.0. The molecule has 2 amide bonds. The second-order valence-corrected chi connectivity index (χ2v) is 18.3. The fourth-order valence-corrected chi connectivity index (χ4v) is 8.66. The number of rotatable bonds is 10. The topological polar surface area (TPSA) is 186 Å². The molecule has 0 spiro atoms. The molecule has 10 nitrogen and oxygen atoms in total. The van der Waals surface area contributed by atoms with E-state index in [2.05, 4.69) is 47.8 Å². The van der Waals surface area contributed by atoms with Crippen molar-refractivity contribution in [3.8, 4) is 23.0 Å². The summed E-state index contributed by atoms with van der Waals surface area (Å²) in [5.41, 5.74) is 12.9. The number of primary amides is 2. The van der Waals surface area contributed by atoms with Crippen LogP contribution < -0.4 is 11.5 Å². The highest BCUT2D eigenvalue weighted by Gasteiger charge is 2.30. The van der Waals surface area contributed by atoms with Crippen LogP contribution in [0, 0.1) is 11.8 Å². The molecule has 4 aliphatic carbocycles. The number of ether oxygens (including phenoxy) is 2. The number of aromatic hydroxyl groups is 4. The van der Waals surface area contributed by atoms with Gasteiger partial charge < -0.3 is 41.4 Å². The zero-order chi connectivity index (χ0) is 37.7. The van der Waals surface area contributed by atoms with E-state index >= 15 is 0 Å². The van der Waals surface area contributed by atoms with Crippen molar-refractivity contribution in [3.05, 3.63) is 46.5 Å². The molecule has 0 heterocycles. The first-order valence-corrected chi connectivity index (χ1v) is 21.1. The number of carbonyl (C=O) groups excluding carboxylic acids is 2. The van der Waals surface area contributed by atoms with Crippen molar-refractivity contribution in [1.29, 1.82) is 0 Å². The molecule has 6 rings (SSSR count). The molecular formula is C38H55Br3N2O8. The number of benzene rings is 2. The molecule has 51 heavy (non-hydrogen) atoms. The minimum absolute atomic E-state index is 0.0378. The molecule has 286 valence electrons. The van der Waals surface area contributed by atoms with E-state index in [1.54, 1.807) is 24.3 Å². The van der Waals surface area contributed by atoms with Gasteiger partial charge >= 0.3 is 12.2 Å². The number of phenols is 4. The highest BCUT2D eigenvalue weighted by atomic mass is 79.9. The summed E-state index contributed by atoms with van der Waals surface area (Å²) in [5, 5.41) is 46.3. The summed E-state index contributed by atoms with van der Waals surface area (Å²) < 4.78 is 11.3. The molecule has 2 aromatic rings. The average Bonchev–Trinajstić information content (AvgIpc) is 3.04. The maximum atomic E-state index is 12.0. The van der Waals surface area contributed by atoms with Gasteiger partial charge in [0.1, 0.15) is 35.2 Å². The van der Waals surface area contributed by atoms with E-state index in [1.807, 2.05) is 13.8 Å².